The first-order valence-corrected chi connectivity index (χ1v) is 8.44. The Balaban J connectivity index is 0. The molecule has 0 aliphatic carbocycles. The van der Waals surface area contributed by atoms with Gasteiger partial charge in [-0.05, 0) is 39.0 Å². The summed E-state index contributed by atoms with van der Waals surface area (Å²) >= 11 is 6.05. The highest BCUT2D eigenvalue weighted by molar-refractivity contribution is 6.30. The maximum atomic E-state index is 11.9. The zero-order chi connectivity index (χ0) is 18.0. The van der Waals surface area contributed by atoms with Gasteiger partial charge in [-0.1, -0.05) is 11.6 Å². The fraction of sp³-hybridized carbons (Fsp3) is 0.588. The van der Waals surface area contributed by atoms with E-state index in [0.29, 0.717) is 23.9 Å². The molecule has 0 aliphatic heterocycles. The van der Waals surface area contributed by atoms with Crippen LogP contribution in [-0.4, -0.2) is 49.4 Å². The summed E-state index contributed by atoms with van der Waals surface area (Å²) in [5, 5.41) is 18.5. The highest BCUT2D eigenvalue weighted by Crippen LogP contribution is 2.22. The Kier molecular flexibility index (Phi) is 15.1. The van der Waals surface area contributed by atoms with E-state index in [1.165, 1.54) is 0 Å². The molecule has 1 rings (SSSR count). The predicted molar refractivity (Wildman–Crippen MR) is 111 cm³/mol. The summed E-state index contributed by atoms with van der Waals surface area (Å²) in [5.41, 5.74) is 0.611. The first-order valence-electron chi connectivity index (χ1n) is 8.06. The number of carbonyl (C=O) groups is 1. The molecule has 0 saturated heterocycles. The second-order valence-electron chi connectivity index (χ2n) is 6.49. The van der Waals surface area contributed by atoms with Gasteiger partial charge < -0.3 is 25.8 Å². The zero-order valence-corrected chi connectivity index (χ0v) is 17.8. The van der Waals surface area contributed by atoms with Gasteiger partial charge in [-0.15, -0.1) is 24.8 Å². The van der Waals surface area contributed by atoms with Crippen LogP contribution in [0.5, 0.6) is 5.75 Å². The van der Waals surface area contributed by atoms with Crippen molar-refractivity contribution in [1.29, 1.82) is 0 Å². The zero-order valence-electron chi connectivity index (χ0n) is 15.4. The molecule has 0 aromatic heterocycles. The number of aliphatic hydroxyl groups is 1. The van der Waals surface area contributed by atoms with Crippen LogP contribution in [0.15, 0.2) is 18.2 Å². The minimum absolute atomic E-state index is 0. The smallest absolute Gasteiger partial charge is 0.258 e. The Hall–Kier alpha value is -0.760. The summed E-state index contributed by atoms with van der Waals surface area (Å²) < 4.78 is 5.64. The standard InChI is InChI=1S/C17H28ClN3O3.2ClH/c1-17(2,3)21-16(23)12-24-15-5-4-14(18)10-13(15)11-20-7-6-19-8-9-22;;/h4-5,10,19-20,22H,6-9,11-12H2,1-3H3,(H,21,23);2*1H. The monoisotopic (exact) mass is 429 g/mol. The van der Waals surface area contributed by atoms with Crippen LogP contribution in [0.4, 0.5) is 0 Å². The first kappa shape index (κ1) is 27.5. The maximum absolute atomic E-state index is 11.9. The number of nitrogens with one attached hydrogen (secondary N) is 3. The van der Waals surface area contributed by atoms with Gasteiger partial charge in [0.1, 0.15) is 5.75 Å². The Labute approximate surface area is 173 Å². The van der Waals surface area contributed by atoms with Crippen LogP contribution in [0.1, 0.15) is 26.3 Å². The summed E-state index contributed by atoms with van der Waals surface area (Å²) in [7, 11) is 0. The molecule has 0 unspecified atom stereocenters. The molecule has 0 aliphatic rings. The van der Waals surface area contributed by atoms with Gasteiger partial charge >= 0.3 is 0 Å². The number of aliphatic hydroxyl groups excluding tert-OH is 1. The summed E-state index contributed by atoms with van der Waals surface area (Å²) in [4.78, 5) is 11.9. The minimum Gasteiger partial charge on any atom is -0.483 e. The van der Waals surface area contributed by atoms with Crippen molar-refractivity contribution in [3.05, 3.63) is 28.8 Å². The SMILES string of the molecule is CC(C)(C)NC(=O)COc1ccc(Cl)cc1CNCCNCCO.Cl.Cl. The molecule has 9 heteroatoms. The second-order valence-corrected chi connectivity index (χ2v) is 6.93. The van der Waals surface area contributed by atoms with E-state index in [0.717, 1.165) is 18.7 Å². The Bertz CT molecular complexity index is 526. The van der Waals surface area contributed by atoms with Crippen molar-refractivity contribution in [2.24, 2.45) is 0 Å². The molecule has 1 aromatic carbocycles. The second kappa shape index (κ2) is 14.3. The lowest BCUT2D eigenvalue weighted by atomic mass is 10.1. The fourth-order valence-electron chi connectivity index (χ4n) is 2.03. The predicted octanol–water partition coefficient (Wildman–Crippen LogP) is 2.15. The third-order valence-corrected chi connectivity index (χ3v) is 3.21. The van der Waals surface area contributed by atoms with Crippen LogP contribution in [0.25, 0.3) is 0 Å². The van der Waals surface area contributed by atoms with E-state index < -0.39 is 0 Å². The topological polar surface area (TPSA) is 82.6 Å². The first-order chi connectivity index (χ1) is 11.3. The van der Waals surface area contributed by atoms with Crippen molar-refractivity contribution in [3.63, 3.8) is 0 Å². The number of benzene rings is 1. The number of carbonyl (C=O) groups excluding carboxylic acids is 1. The maximum Gasteiger partial charge on any atom is 0.258 e. The molecule has 0 fully saturated rings. The van der Waals surface area contributed by atoms with Crippen LogP contribution in [0.2, 0.25) is 5.02 Å². The number of halogens is 3. The van der Waals surface area contributed by atoms with Gasteiger partial charge in [0.25, 0.3) is 5.91 Å². The van der Waals surface area contributed by atoms with Crippen LogP contribution in [0, 0.1) is 0 Å². The van der Waals surface area contributed by atoms with E-state index in [1.54, 1.807) is 12.1 Å². The number of amides is 1. The minimum atomic E-state index is -0.285. The number of ether oxygens (including phenoxy) is 1. The van der Waals surface area contributed by atoms with Gasteiger partial charge in [0.2, 0.25) is 0 Å². The average molecular weight is 431 g/mol. The van der Waals surface area contributed by atoms with Crippen LogP contribution in [-0.2, 0) is 11.3 Å². The van der Waals surface area contributed by atoms with Gasteiger partial charge in [-0.25, -0.2) is 0 Å². The number of hydrogen-bond donors (Lipinski definition) is 4. The third-order valence-electron chi connectivity index (χ3n) is 2.98. The van der Waals surface area contributed by atoms with E-state index in [-0.39, 0.29) is 49.5 Å². The normalized spacial score (nSPS) is 10.5. The number of hydrogen-bond acceptors (Lipinski definition) is 5. The molecule has 1 aromatic rings. The lowest BCUT2D eigenvalue weighted by molar-refractivity contribution is -0.124. The molecule has 4 N–H and O–H groups in total. The number of rotatable bonds is 10. The molecule has 0 radical (unpaired) electrons. The van der Waals surface area contributed by atoms with E-state index >= 15 is 0 Å². The summed E-state index contributed by atoms with van der Waals surface area (Å²) in [5.74, 6) is 0.476. The summed E-state index contributed by atoms with van der Waals surface area (Å²) in [6, 6.07) is 5.34. The summed E-state index contributed by atoms with van der Waals surface area (Å²) in [6.07, 6.45) is 0. The molecule has 0 atom stereocenters. The van der Waals surface area contributed by atoms with Gasteiger partial charge in [-0.2, -0.15) is 0 Å². The van der Waals surface area contributed by atoms with Crippen molar-refractivity contribution < 1.29 is 14.6 Å². The molecule has 26 heavy (non-hydrogen) atoms. The van der Waals surface area contributed by atoms with E-state index in [9.17, 15) is 4.79 Å². The lowest BCUT2D eigenvalue weighted by Crippen LogP contribution is -2.43. The third kappa shape index (κ3) is 12.6. The van der Waals surface area contributed by atoms with Gasteiger partial charge in [0.05, 0.1) is 6.61 Å². The molecule has 0 saturated carbocycles. The molecule has 0 bridgehead atoms. The Morgan fingerprint density at radius 1 is 1.15 bits per heavy atom. The van der Waals surface area contributed by atoms with Crippen LogP contribution in [0.3, 0.4) is 0 Å². The van der Waals surface area contributed by atoms with Crippen LogP contribution >= 0.6 is 36.4 Å². The largest absolute Gasteiger partial charge is 0.483 e. The molecule has 152 valence electrons. The highest BCUT2D eigenvalue weighted by Gasteiger charge is 2.14. The molecule has 1 amide bonds. The highest BCUT2D eigenvalue weighted by atomic mass is 35.5. The average Bonchev–Trinajstić information content (AvgIpc) is 2.48. The fourth-order valence-corrected chi connectivity index (χ4v) is 2.22. The Morgan fingerprint density at radius 2 is 1.81 bits per heavy atom. The van der Waals surface area contributed by atoms with E-state index in [1.807, 2.05) is 26.8 Å². The Morgan fingerprint density at radius 3 is 2.42 bits per heavy atom. The molecule has 0 heterocycles. The molecular formula is C17H30Cl3N3O3. The van der Waals surface area contributed by atoms with Crippen molar-refractivity contribution in [2.75, 3.05) is 32.8 Å². The molecule has 6 nitrogen and oxygen atoms in total. The quantitative estimate of drug-likeness (QED) is 0.428. The van der Waals surface area contributed by atoms with Crippen molar-refractivity contribution in [2.45, 2.75) is 32.9 Å². The van der Waals surface area contributed by atoms with Crippen molar-refractivity contribution in [1.82, 2.24) is 16.0 Å². The van der Waals surface area contributed by atoms with Gasteiger partial charge in [-0.3, -0.25) is 4.79 Å². The van der Waals surface area contributed by atoms with Crippen molar-refractivity contribution in [3.8, 4) is 5.75 Å². The molecule has 0 spiro atoms. The molecular weight excluding hydrogens is 401 g/mol. The van der Waals surface area contributed by atoms with E-state index in [2.05, 4.69) is 16.0 Å². The van der Waals surface area contributed by atoms with Crippen LogP contribution < -0.4 is 20.7 Å². The van der Waals surface area contributed by atoms with Gasteiger partial charge in [0, 0.05) is 42.3 Å². The van der Waals surface area contributed by atoms with E-state index in [4.69, 9.17) is 21.4 Å². The van der Waals surface area contributed by atoms with Gasteiger partial charge in [0.15, 0.2) is 6.61 Å². The summed E-state index contributed by atoms with van der Waals surface area (Å²) in [6.45, 7) is 8.52. The lowest BCUT2D eigenvalue weighted by Gasteiger charge is -2.21. The van der Waals surface area contributed by atoms with Crippen molar-refractivity contribution >= 4 is 42.3 Å².